The zero-order valence-electron chi connectivity index (χ0n) is 11.2. The Morgan fingerprint density at radius 1 is 1.40 bits per heavy atom. The lowest BCUT2D eigenvalue weighted by Crippen LogP contribution is -2.33. The lowest BCUT2D eigenvalue weighted by atomic mass is 10.1. The molecule has 1 aromatic carbocycles. The summed E-state index contributed by atoms with van der Waals surface area (Å²) in [5.41, 5.74) is -1.25. The summed E-state index contributed by atoms with van der Waals surface area (Å²) >= 11 is 0. The van der Waals surface area contributed by atoms with Gasteiger partial charge in [0, 0.05) is 13.1 Å². The van der Waals surface area contributed by atoms with Crippen LogP contribution in [0, 0.1) is 21.7 Å². The number of benzene rings is 1. The van der Waals surface area contributed by atoms with Crippen molar-refractivity contribution in [2.24, 2.45) is 0 Å². The number of likely N-dealkylation sites (N-methyl/N-ethyl adjacent to an activating group) is 1. The average Bonchev–Trinajstić information content (AvgIpc) is 2.40. The molecular formula is C12H15F2N3O3. The lowest BCUT2D eigenvalue weighted by molar-refractivity contribution is -0.385. The molecular weight excluding hydrogens is 272 g/mol. The average molecular weight is 287 g/mol. The minimum Gasteiger partial charge on any atom is -0.351 e. The van der Waals surface area contributed by atoms with Crippen molar-refractivity contribution in [1.82, 2.24) is 10.2 Å². The van der Waals surface area contributed by atoms with Crippen molar-refractivity contribution in [2.75, 3.05) is 26.7 Å². The van der Waals surface area contributed by atoms with Crippen LogP contribution in [0.25, 0.3) is 0 Å². The van der Waals surface area contributed by atoms with Crippen LogP contribution in [0.5, 0.6) is 0 Å². The largest absolute Gasteiger partial charge is 0.351 e. The highest BCUT2D eigenvalue weighted by molar-refractivity contribution is 5.98. The summed E-state index contributed by atoms with van der Waals surface area (Å²) in [4.78, 5) is 23.5. The summed E-state index contributed by atoms with van der Waals surface area (Å²) in [6.07, 6.45) is 0. The van der Waals surface area contributed by atoms with Crippen LogP contribution in [0.1, 0.15) is 17.3 Å². The summed E-state index contributed by atoms with van der Waals surface area (Å²) in [6, 6.07) is 0.939. The van der Waals surface area contributed by atoms with Crippen molar-refractivity contribution in [3.05, 3.63) is 39.4 Å². The van der Waals surface area contributed by atoms with Crippen molar-refractivity contribution in [3.63, 3.8) is 0 Å². The van der Waals surface area contributed by atoms with E-state index in [4.69, 9.17) is 0 Å². The monoisotopic (exact) mass is 287 g/mol. The number of nitro benzene ring substituents is 1. The number of halogens is 2. The van der Waals surface area contributed by atoms with Crippen molar-refractivity contribution in [3.8, 4) is 0 Å². The molecule has 0 bridgehead atoms. The highest BCUT2D eigenvalue weighted by Gasteiger charge is 2.23. The van der Waals surface area contributed by atoms with Gasteiger partial charge in [0.2, 0.25) is 0 Å². The van der Waals surface area contributed by atoms with Crippen LogP contribution in [-0.4, -0.2) is 42.4 Å². The second-order valence-electron chi connectivity index (χ2n) is 4.19. The molecule has 110 valence electrons. The number of hydrogen-bond acceptors (Lipinski definition) is 4. The molecule has 20 heavy (non-hydrogen) atoms. The first-order valence-electron chi connectivity index (χ1n) is 5.97. The summed E-state index contributed by atoms with van der Waals surface area (Å²) in [6.45, 7) is 3.50. The summed E-state index contributed by atoms with van der Waals surface area (Å²) in [7, 11) is 1.84. The molecule has 0 aromatic heterocycles. The molecule has 0 saturated carbocycles. The molecule has 0 atom stereocenters. The Balaban J connectivity index is 2.86. The Kier molecular flexibility index (Phi) is 5.51. The third kappa shape index (κ3) is 3.95. The van der Waals surface area contributed by atoms with Crippen LogP contribution in [0.2, 0.25) is 0 Å². The molecule has 0 unspecified atom stereocenters. The second kappa shape index (κ2) is 6.90. The Bertz CT molecular complexity index is 523. The van der Waals surface area contributed by atoms with E-state index < -0.39 is 33.7 Å². The van der Waals surface area contributed by atoms with E-state index in [1.165, 1.54) is 0 Å². The van der Waals surface area contributed by atoms with Crippen LogP contribution >= 0.6 is 0 Å². The number of carbonyl (C=O) groups excluding carboxylic acids is 1. The van der Waals surface area contributed by atoms with Gasteiger partial charge in [0.15, 0.2) is 11.6 Å². The quantitative estimate of drug-likeness (QED) is 0.636. The van der Waals surface area contributed by atoms with Gasteiger partial charge >= 0.3 is 0 Å². The zero-order chi connectivity index (χ0) is 15.3. The third-order valence-corrected chi connectivity index (χ3v) is 2.80. The maximum Gasteiger partial charge on any atom is 0.285 e. The van der Waals surface area contributed by atoms with E-state index >= 15 is 0 Å². The number of hydrogen-bond donors (Lipinski definition) is 1. The molecule has 1 amide bonds. The smallest absolute Gasteiger partial charge is 0.285 e. The van der Waals surface area contributed by atoms with E-state index in [0.29, 0.717) is 18.7 Å². The second-order valence-corrected chi connectivity index (χ2v) is 4.19. The topological polar surface area (TPSA) is 75.5 Å². The normalized spacial score (nSPS) is 10.7. The number of rotatable bonds is 6. The summed E-state index contributed by atoms with van der Waals surface area (Å²) < 4.78 is 26.1. The Morgan fingerprint density at radius 2 is 2.00 bits per heavy atom. The molecule has 0 aliphatic rings. The van der Waals surface area contributed by atoms with E-state index in [9.17, 15) is 23.7 Å². The number of nitrogens with zero attached hydrogens (tertiary/aromatic N) is 2. The van der Waals surface area contributed by atoms with Crippen LogP contribution < -0.4 is 5.32 Å². The first kappa shape index (κ1) is 16.0. The summed E-state index contributed by atoms with van der Waals surface area (Å²) in [5, 5.41) is 13.2. The Hall–Kier alpha value is -2.09. The number of carbonyl (C=O) groups is 1. The fraction of sp³-hybridized carbons (Fsp3) is 0.417. The molecule has 0 heterocycles. The Morgan fingerprint density at radius 3 is 2.55 bits per heavy atom. The molecule has 0 fully saturated rings. The summed E-state index contributed by atoms with van der Waals surface area (Å²) in [5.74, 6) is -3.47. The van der Waals surface area contributed by atoms with Crippen LogP contribution in [0.3, 0.4) is 0 Å². The van der Waals surface area contributed by atoms with Gasteiger partial charge in [0.25, 0.3) is 11.6 Å². The number of nitro groups is 1. The van der Waals surface area contributed by atoms with Crippen LogP contribution in [0.4, 0.5) is 14.5 Å². The van der Waals surface area contributed by atoms with Gasteiger partial charge in [-0.05, 0) is 19.7 Å². The predicted molar refractivity (Wildman–Crippen MR) is 68.5 cm³/mol. The fourth-order valence-electron chi connectivity index (χ4n) is 1.48. The van der Waals surface area contributed by atoms with E-state index in [0.717, 1.165) is 6.54 Å². The van der Waals surface area contributed by atoms with E-state index in [-0.39, 0.29) is 6.54 Å². The molecule has 1 rings (SSSR count). The van der Waals surface area contributed by atoms with Gasteiger partial charge in [0.05, 0.1) is 11.0 Å². The third-order valence-electron chi connectivity index (χ3n) is 2.80. The van der Waals surface area contributed by atoms with Gasteiger partial charge in [-0.2, -0.15) is 0 Å². The molecule has 6 nitrogen and oxygen atoms in total. The molecule has 0 aliphatic carbocycles. The molecule has 0 radical (unpaired) electrons. The minimum absolute atomic E-state index is 0.249. The van der Waals surface area contributed by atoms with Gasteiger partial charge in [-0.1, -0.05) is 6.92 Å². The molecule has 8 heteroatoms. The lowest BCUT2D eigenvalue weighted by Gasteiger charge is -2.14. The van der Waals surface area contributed by atoms with Gasteiger partial charge in [0.1, 0.15) is 5.56 Å². The van der Waals surface area contributed by atoms with E-state index in [2.05, 4.69) is 5.32 Å². The van der Waals surface area contributed by atoms with E-state index in [1.54, 1.807) is 0 Å². The molecule has 0 spiro atoms. The maximum absolute atomic E-state index is 13.1. The van der Waals surface area contributed by atoms with Gasteiger partial charge in [-0.15, -0.1) is 0 Å². The van der Waals surface area contributed by atoms with Gasteiger partial charge < -0.3 is 10.2 Å². The van der Waals surface area contributed by atoms with Crippen molar-refractivity contribution in [2.45, 2.75) is 6.92 Å². The number of nitrogens with one attached hydrogen (secondary N) is 1. The molecule has 1 N–H and O–H groups in total. The molecule has 1 aromatic rings. The first-order valence-corrected chi connectivity index (χ1v) is 5.97. The van der Waals surface area contributed by atoms with Crippen LogP contribution in [-0.2, 0) is 0 Å². The highest BCUT2D eigenvalue weighted by Crippen LogP contribution is 2.22. The van der Waals surface area contributed by atoms with Crippen LogP contribution in [0.15, 0.2) is 12.1 Å². The SMILES string of the molecule is CCN(C)CCNC(=O)c1cc(F)c(F)cc1[N+](=O)[O-]. The predicted octanol–water partition coefficient (Wildman–Crippen LogP) is 1.55. The van der Waals surface area contributed by atoms with Gasteiger partial charge in [-0.3, -0.25) is 14.9 Å². The van der Waals surface area contributed by atoms with Crippen molar-refractivity contribution >= 4 is 11.6 Å². The zero-order valence-corrected chi connectivity index (χ0v) is 11.2. The fourth-order valence-corrected chi connectivity index (χ4v) is 1.48. The van der Waals surface area contributed by atoms with Crippen molar-refractivity contribution in [1.29, 1.82) is 0 Å². The van der Waals surface area contributed by atoms with Crippen molar-refractivity contribution < 1.29 is 18.5 Å². The molecule has 0 saturated heterocycles. The maximum atomic E-state index is 13.1. The van der Waals surface area contributed by atoms with E-state index in [1.807, 2.05) is 18.9 Å². The first-order chi connectivity index (χ1) is 9.36. The Labute approximate surface area is 114 Å². The highest BCUT2D eigenvalue weighted by atomic mass is 19.2. The van der Waals surface area contributed by atoms with Gasteiger partial charge in [-0.25, -0.2) is 8.78 Å². The minimum atomic E-state index is -1.36. The molecule has 0 aliphatic heterocycles. The standard InChI is InChI=1S/C12H15F2N3O3/c1-3-16(2)5-4-15-12(18)8-6-9(13)10(14)7-11(8)17(19)20/h6-7H,3-5H2,1-2H3,(H,15,18). The number of amides is 1.